The molecule has 2 fully saturated rings. The normalized spacial score (nSPS) is 26.4. The number of sulfonamides is 1. The summed E-state index contributed by atoms with van der Waals surface area (Å²) in [6.45, 7) is 1.62. The molecule has 0 aliphatic carbocycles. The molecule has 0 bridgehead atoms. The molecule has 1 atom stereocenters. The van der Waals surface area contributed by atoms with Gasteiger partial charge in [0.2, 0.25) is 0 Å². The largest absolute Gasteiger partial charge is 0.378 e. The van der Waals surface area contributed by atoms with Crippen LogP contribution in [0.4, 0.5) is 0 Å². The number of rotatable bonds is 3. The topological polar surface area (TPSA) is 73.7 Å². The van der Waals surface area contributed by atoms with Crippen molar-refractivity contribution in [1.29, 1.82) is 0 Å². The van der Waals surface area contributed by atoms with Crippen LogP contribution in [0.3, 0.4) is 0 Å². The predicted octanol–water partition coefficient (Wildman–Crippen LogP) is 0.769. The number of ether oxygens (including phenoxy) is 2. The summed E-state index contributed by atoms with van der Waals surface area (Å²) in [4.78, 5) is 3.98. The lowest BCUT2D eigenvalue weighted by Crippen LogP contribution is -2.56. The van der Waals surface area contributed by atoms with Gasteiger partial charge >= 0.3 is 0 Å². The van der Waals surface area contributed by atoms with Crippen molar-refractivity contribution >= 4 is 10.0 Å². The zero-order chi connectivity index (χ0) is 15.8. The highest BCUT2D eigenvalue weighted by Gasteiger charge is 2.46. The second-order valence-corrected chi connectivity index (χ2v) is 7.95. The van der Waals surface area contributed by atoms with Gasteiger partial charge in [-0.2, -0.15) is 4.31 Å². The lowest BCUT2D eigenvalue weighted by Gasteiger charge is -2.47. The minimum Gasteiger partial charge on any atom is -0.378 e. The maximum absolute atomic E-state index is 12.6. The van der Waals surface area contributed by atoms with E-state index in [1.54, 1.807) is 18.7 Å². The summed E-state index contributed by atoms with van der Waals surface area (Å²) < 4.78 is 39.9. The number of aromatic nitrogens is 2. The van der Waals surface area contributed by atoms with E-state index in [9.17, 15) is 8.42 Å². The minimum atomic E-state index is -3.52. The van der Waals surface area contributed by atoms with Gasteiger partial charge in [0.1, 0.15) is 0 Å². The van der Waals surface area contributed by atoms with E-state index in [-0.39, 0.29) is 16.7 Å². The van der Waals surface area contributed by atoms with Crippen molar-refractivity contribution in [3.05, 3.63) is 12.5 Å². The van der Waals surface area contributed by atoms with E-state index in [2.05, 4.69) is 4.98 Å². The van der Waals surface area contributed by atoms with Gasteiger partial charge in [-0.05, 0) is 25.7 Å². The highest BCUT2D eigenvalue weighted by atomic mass is 32.2. The van der Waals surface area contributed by atoms with Crippen LogP contribution < -0.4 is 0 Å². The first-order valence-electron chi connectivity index (χ1n) is 7.63. The number of piperidine rings is 1. The SMILES string of the molecule is CO[C@@H]1CCCOC12CCN(S(=O)(=O)c1cn(C)cn1)CC2. The average Bonchev–Trinajstić information content (AvgIpc) is 2.96. The van der Waals surface area contributed by atoms with Gasteiger partial charge in [-0.25, -0.2) is 13.4 Å². The molecule has 3 rings (SSSR count). The molecule has 7 nitrogen and oxygen atoms in total. The Balaban J connectivity index is 1.74. The van der Waals surface area contributed by atoms with Gasteiger partial charge in [0, 0.05) is 40.1 Å². The van der Waals surface area contributed by atoms with E-state index in [4.69, 9.17) is 9.47 Å². The van der Waals surface area contributed by atoms with E-state index >= 15 is 0 Å². The highest BCUT2D eigenvalue weighted by Crippen LogP contribution is 2.37. The van der Waals surface area contributed by atoms with Crippen LogP contribution >= 0.6 is 0 Å². The summed E-state index contributed by atoms with van der Waals surface area (Å²) in [7, 11) is -0.0491. The van der Waals surface area contributed by atoms with Crippen LogP contribution in [0.25, 0.3) is 0 Å². The number of hydrogen-bond donors (Lipinski definition) is 0. The van der Waals surface area contributed by atoms with Crippen molar-refractivity contribution in [1.82, 2.24) is 13.9 Å². The quantitative estimate of drug-likeness (QED) is 0.819. The Morgan fingerprint density at radius 1 is 1.41 bits per heavy atom. The Hall–Kier alpha value is -0.960. The van der Waals surface area contributed by atoms with E-state index in [0.717, 1.165) is 19.4 Å². The fraction of sp³-hybridized carbons (Fsp3) is 0.786. The highest BCUT2D eigenvalue weighted by molar-refractivity contribution is 7.89. The van der Waals surface area contributed by atoms with Crippen LogP contribution in [-0.4, -0.2) is 60.8 Å². The van der Waals surface area contributed by atoms with Crippen LogP contribution in [0.1, 0.15) is 25.7 Å². The molecule has 2 saturated heterocycles. The predicted molar refractivity (Wildman–Crippen MR) is 79.9 cm³/mol. The van der Waals surface area contributed by atoms with Gasteiger partial charge < -0.3 is 14.0 Å². The number of aryl methyl sites for hydroxylation is 1. The van der Waals surface area contributed by atoms with Gasteiger partial charge in [0.05, 0.1) is 18.0 Å². The molecule has 2 aliphatic heterocycles. The van der Waals surface area contributed by atoms with Crippen LogP contribution in [0.2, 0.25) is 0 Å². The standard InChI is InChI=1S/C14H23N3O4S/c1-16-10-13(15-11-16)22(18,19)17-7-5-14(6-8-17)12(20-2)4-3-9-21-14/h10-12H,3-9H2,1-2H3/t12-/m1/s1. The first-order valence-corrected chi connectivity index (χ1v) is 9.07. The van der Waals surface area contributed by atoms with Gasteiger partial charge in [0.25, 0.3) is 10.0 Å². The summed E-state index contributed by atoms with van der Waals surface area (Å²) in [5.41, 5.74) is -0.330. The number of imidazole rings is 1. The van der Waals surface area contributed by atoms with Crippen molar-refractivity contribution in [2.75, 3.05) is 26.8 Å². The molecule has 0 amide bonds. The third-order valence-corrected chi connectivity index (χ3v) is 6.51. The second kappa shape index (κ2) is 5.92. The summed E-state index contributed by atoms with van der Waals surface area (Å²) in [5, 5.41) is 0.110. The van der Waals surface area contributed by atoms with Gasteiger partial charge in [-0.1, -0.05) is 0 Å². The number of methoxy groups -OCH3 is 1. The van der Waals surface area contributed by atoms with Crippen molar-refractivity contribution < 1.29 is 17.9 Å². The van der Waals surface area contributed by atoms with Crippen LogP contribution in [0.5, 0.6) is 0 Å². The molecule has 0 aromatic carbocycles. The molecule has 124 valence electrons. The Morgan fingerprint density at radius 2 is 2.14 bits per heavy atom. The van der Waals surface area contributed by atoms with Crippen molar-refractivity contribution in [3.63, 3.8) is 0 Å². The van der Waals surface area contributed by atoms with Crippen molar-refractivity contribution in [3.8, 4) is 0 Å². The molecule has 0 unspecified atom stereocenters. The fourth-order valence-corrected chi connectivity index (χ4v) is 4.87. The molecule has 0 radical (unpaired) electrons. The summed E-state index contributed by atoms with van der Waals surface area (Å²) in [5.74, 6) is 0. The molecule has 1 spiro atoms. The van der Waals surface area contributed by atoms with E-state index in [1.165, 1.54) is 16.8 Å². The summed E-state index contributed by atoms with van der Waals surface area (Å²) in [6.07, 6.45) is 6.40. The zero-order valence-electron chi connectivity index (χ0n) is 13.1. The Morgan fingerprint density at radius 3 is 2.73 bits per heavy atom. The molecule has 8 heteroatoms. The molecule has 3 heterocycles. The third-order valence-electron chi connectivity index (χ3n) is 4.73. The van der Waals surface area contributed by atoms with Crippen molar-refractivity contribution in [2.45, 2.75) is 42.4 Å². The van der Waals surface area contributed by atoms with Crippen LogP contribution in [0.15, 0.2) is 17.6 Å². The van der Waals surface area contributed by atoms with Gasteiger partial charge in [0.15, 0.2) is 5.03 Å². The molecule has 22 heavy (non-hydrogen) atoms. The molecule has 0 saturated carbocycles. The second-order valence-electron chi connectivity index (χ2n) is 6.06. The number of hydrogen-bond acceptors (Lipinski definition) is 5. The Kier molecular flexibility index (Phi) is 4.28. The maximum Gasteiger partial charge on any atom is 0.262 e. The minimum absolute atomic E-state index is 0.0564. The average molecular weight is 329 g/mol. The zero-order valence-corrected chi connectivity index (χ0v) is 13.9. The van der Waals surface area contributed by atoms with Crippen LogP contribution in [-0.2, 0) is 26.5 Å². The summed E-state index contributed by atoms with van der Waals surface area (Å²) >= 11 is 0. The lowest BCUT2D eigenvalue weighted by atomic mass is 9.82. The van der Waals surface area contributed by atoms with Crippen LogP contribution in [0, 0.1) is 0 Å². The van der Waals surface area contributed by atoms with E-state index < -0.39 is 10.0 Å². The molecular formula is C14H23N3O4S. The van der Waals surface area contributed by atoms with Crippen molar-refractivity contribution in [2.24, 2.45) is 7.05 Å². The molecule has 1 aromatic heterocycles. The monoisotopic (exact) mass is 329 g/mol. The molecule has 2 aliphatic rings. The third kappa shape index (κ3) is 2.68. The summed E-state index contributed by atoms with van der Waals surface area (Å²) in [6, 6.07) is 0. The maximum atomic E-state index is 12.6. The van der Waals surface area contributed by atoms with Gasteiger partial charge in [-0.15, -0.1) is 0 Å². The van der Waals surface area contributed by atoms with E-state index in [0.29, 0.717) is 25.9 Å². The molecular weight excluding hydrogens is 306 g/mol. The number of nitrogens with zero attached hydrogens (tertiary/aromatic N) is 3. The van der Waals surface area contributed by atoms with E-state index in [1.807, 2.05) is 0 Å². The molecule has 1 aromatic rings. The smallest absolute Gasteiger partial charge is 0.262 e. The Bertz CT molecular complexity index is 620. The Labute approximate surface area is 131 Å². The molecule has 0 N–H and O–H groups in total. The lowest BCUT2D eigenvalue weighted by molar-refractivity contribution is -0.182. The fourth-order valence-electron chi connectivity index (χ4n) is 3.46. The van der Waals surface area contributed by atoms with Gasteiger partial charge in [-0.3, -0.25) is 0 Å². The first kappa shape index (κ1) is 15.9. The first-order chi connectivity index (χ1) is 10.5.